The molecule has 1 heterocycles. The van der Waals surface area contributed by atoms with Crippen LogP contribution in [0, 0.1) is 17.3 Å². The van der Waals surface area contributed by atoms with Gasteiger partial charge >= 0.3 is 0 Å². The van der Waals surface area contributed by atoms with Gasteiger partial charge in [0.15, 0.2) is 0 Å². The Morgan fingerprint density at radius 2 is 2.21 bits per heavy atom. The molecule has 2 rings (SSSR count). The molecule has 2 fully saturated rings. The summed E-state index contributed by atoms with van der Waals surface area (Å²) in [5, 5.41) is 0. The molecule has 2 atom stereocenters. The predicted octanol–water partition coefficient (Wildman–Crippen LogP) is 2.74. The topological polar surface area (TPSA) is 29.5 Å². The molecule has 0 radical (unpaired) electrons. The van der Waals surface area contributed by atoms with Crippen molar-refractivity contribution < 1.29 is 9.53 Å². The van der Waals surface area contributed by atoms with E-state index in [4.69, 9.17) is 4.74 Å². The molecule has 0 aromatic carbocycles. The van der Waals surface area contributed by atoms with Crippen LogP contribution in [0.2, 0.25) is 0 Å². The molecule has 2 unspecified atom stereocenters. The van der Waals surface area contributed by atoms with E-state index < -0.39 is 0 Å². The number of hydrogen-bond acceptors (Lipinski definition) is 3. The van der Waals surface area contributed by atoms with Crippen LogP contribution in [0.15, 0.2) is 0 Å². The summed E-state index contributed by atoms with van der Waals surface area (Å²) < 4.78 is 5.28. The molecule has 19 heavy (non-hydrogen) atoms. The van der Waals surface area contributed by atoms with Crippen LogP contribution in [0.5, 0.6) is 0 Å². The minimum absolute atomic E-state index is 0.269. The monoisotopic (exact) mass is 267 g/mol. The minimum Gasteiger partial charge on any atom is -0.384 e. The molecule has 0 N–H and O–H groups in total. The van der Waals surface area contributed by atoms with E-state index in [9.17, 15) is 4.79 Å². The number of ether oxygens (including phenoxy) is 1. The van der Waals surface area contributed by atoms with Crippen LogP contribution in [0.3, 0.4) is 0 Å². The van der Waals surface area contributed by atoms with E-state index in [-0.39, 0.29) is 5.92 Å². The number of hydrogen-bond donors (Lipinski definition) is 0. The molecule has 3 nitrogen and oxygen atoms in total. The van der Waals surface area contributed by atoms with Gasteiger partial charge < -0.3 is 9.64 Å². The molecule has 0 aromatic rings. The maximum Gasteiger partial charge on any atom is 0.137 e. The van der Waals surface area contributed by atoms with Crippen molar-refractivity contribution in [2.75, 3.05) is 33.4 Å². The van der Waals surface area contributed by atoms with Crippen molar-refractivity contribution in [1.29, 1.82) is 0 Å². The summed E-state index contributed by atoms with van der Waals surface area (Å²) in [6, 6.07) is 0. The van der Waals surface area contributed by atoms with Crippen LogP contribution in [-0.2, 0) is 9.53 Å². The van der Waals surface area contributed by atoms with Crippen LogP contribution in [0.1, 0.15) is 46.0 Å². The van der Waals surface area contributed by atoms with Crippen LogP contribution in [0.25, 0.3) is 0 Å². The second kappa shape index (κ2) is 6.36. The van der Waals surface area contributed by atoms with Crippen molar-refractivity contribution >= 4 is 5.78 Å². The number of ketones is 1. The zero-order chi connectivity index (χ0) is 13.9. The summed E-state index contributed by atoms with van der Waals surface area (Å²) in [4.78, 5) is 14.6. The van der Waals surface area contributed by atoms with Crippen molar-refractivity contribution in [2.24, 2.45) is 17.3 Å². The van der Waals surface area contributed by atoms with Gasteiger partial charge in [-0.2, -0.15) is 0 Å². The molecule has 0 amide bonds. The molecule has 0 bridgehead atoms. The lowest BCUT2D eigenvalue weighted by atomic mass is 9.71. The third kappa shape index (κ3) is 4.28. The molecule has 110 valence electrons. The highest BCUT2D eigenvalue weighted by Gasteiger charge is 2.35. The first-order chi connectivity index (χ1) is 9.00. The van der Waals surface area contributed by atoms with Gasteiger partial charge in [-0.1, -0.05) is 13.8 Å². The smallest absolute Gasteiger partial charge is 0.137 e. The number of likely N-dealkylation sites (tertiary alicyclic amines) is 1. The number of nitrogens with zero attached hydrogens (tertiary/aromatic N) is 1. The molecule has 0 aromatic heterocycles. The van der Waals surface area contributed by atoms with Crippen LogP contribution >= 0.6 is 0 Å². The van der Waals surface area contributed by atoms with Gasteiger partial charge in [-0.25, -0.2) is 0 Å². The molecule has 2 aliphatic rings. The number of rotatable bonds is 4. The fourth-order valence-corrected chi connectivity index (χ4v) is 3.72. The Hall–Kier alpha value is -0.410. The van der Waals surface area contributed by atoms with Crippen molar-refractivity contribution in [3.63, 3.8) is 0 Å². The second-order valence-corrected chi connectivity index (χ2v) is 7.25. The first-order valence-corrected chi connectivity index (χ1v) is 7.74. The Morgan fingerprint density at radius 3 is 2.95 bits per heavy atom. The number of Topliss-reactive ketones (excluding diaryl/α,β-unsaturated/α-hetero) is 1. The maximum atomic E-state index is 12.1. The van der Waals surface area contributed by atoms with E-state index in [1.807, 2.05) is 0 Å². The Bertz CT molecular complexity index is 312. The van der Waals surface area contributed by atoms with E-state index in [0.29, 0.717) is 17.1 Å². The van der Waals surface area contributed by atoms with Gasteiger partial charge in [-0.05, 0) is 43.6 Å². The largest absolute Gasteiger partial charge is 0.384 e. The lowest BCUT2D eigenvalue weighted by Gasteiger charge is -2.39. The van der Waals surface area contributed by atoms with Gasteiger partial charge in [-0.3, -0.25) is 4.79 Å². The summed E-state index contributed by atoms with van der Waals surface area (Å²) in [7, 11) is 1.78. The number of piperidine rings is 1. The highest BCUT2D eigenvalue weighted by atomic mass is 16.5. The predicted molar refractivity (Wildman–Crippen MR) is 77.2 cm³/mol. The standard InChI is InChI=1S/C16H29NO2/c1-16(2)7-6-15(18)14(9-16)11-17-8-4-5-13(10-17)12-19-3/h13-14H,4-12H2,1-3H3. The van der Waals surface area contributed by atoms with Gasteiger partial charge in [0.2, 0.25) is 0 Å². The average molecular weight is 267 g/mol. The Labute approximate surface area is 117 Å². The summed E-state index contributed by atoms with van der Waals surface area (Å²) >= 11 is 0. The first-order valence-electron chi connectivity index (χ1n) is 7.74. The highest BCUT2D eigenvalue weighted by Crippen LogP contribution is 2.37. The zero-order valence-electron chi connectivity index (χ0n) is 12.8. The summed E-state index contributed by atoms with van der Waals surface area (Å²) in [6.07, 6.45) is 5.44. The Morgan fingerprint density at radius 1 is 1.42 bits per heavy atom. The molecule has 0 spiro atoms. The summed E-state index contributed by atoms with van der Waals surface area (Å²) in [5.41, 5.74) is 0.348. The van der Waals surface area contributed by atoms with E-state index in [1.54, 1.807) is 7.11 Å². The second-order valence-electron chi connectivity index (χ2n) is 7.25. The fourth-order valence-electron chi connectivity index (χ4n) is 3.72. The molecule has 1 saturated heterocycles. The lowest BCUT2D eigenvalue weighted by molar-refractivity contribution is -0.128. The first kappa shape index (κ1) is 15.0. The third-order valence-corrected chi connectivity index (χ3v) is 4.79. The molecular formula is C16H29NO2. The molecule has 3 heteroatoms. The van der Waals surface area contributed by atoms with Crippen LogP contribution in [0.4, 0.5) is 0 Å². The van der Waals surface area contributed by atoms with E-state index in [1.165, 1.54) is 12.8 Å². The van der Waals surface area contributed by atoms with Crippen molar-refractivity contribution in [3.05, 3.63) is 0 Å². The maximum absolute atomic E-state index is 12.1. The highest BCUT2D eigenvalue weighted by molar-refractivity contribution is 5.82. The van der Waals surface area contributed by atoms with Crippen LogP contribution in [-0.4, -0.2) is 44.0 Å². The van der Waals surface area contributed by atoms with Crippen LogP contribution < -0.4 is 0 Å². The molecule has 1 aliphatic carbocycles. The quantitative estimate of drug-likeness (QED) is 0.784. The van der Waals surface area contributed by atoms with Crippen molar-refractivity contribution in [1.82, 2.24) is 4.90 Å². The molecule has 1 aliphatic heterocycles. The normalized spacial score (nSPS) is 32.5. The SMILES string of the molecule is COCC1CCCN(CC2CC(C)(C)CCC2=O)C1. The Balaban J connectivity index is 1.87. The van der Waals surface area contributed by atoms with E-state index in [0.717, 1.165) is 45.5 Å². The Kier molecular flexibility index (Phi) is 5.02. The summed E-state index contributed by atoms with van der Waals surface area (Å²) in [6.45, 7) is 8.71. The van der Waals surface area contributed by atoms with Gasteiger partial charge in [-0.15, -0.1) is 0 Å². The van der Waals surface area contributed by atoms with Crippen molar-refractivity contribution in [2.45, 2.75) is 46.0 Å². The number of carbonyl (C=O) groups excluding carboxylic acids is 1. The molecular weight excluding hydrogens is 238 g/mol. The minimum atomic E-state index is 0.269. The third-order valence-electron chi connectivity index (χ3n) is 4.79. The molecule has 1 saturated carbocycles. The number of carbonyl (C=O) groups is 1. The van der Waals surface area contributed by atoms with Gasteiger partial charge in [0.1, 0.15) is 5.78 Å². The van der Waals surface area contributed by atoms with Crippen molar-refractivity contribution in [3.8, 4) is 0 Å². The number of methoxy groups -OCH3 is 1. The van der Waals surface area contributed by atoms with E-state index >= 15 is 0 Å². The lowest BCUT2D eigenvalue weighted by Crippen LogP contribution is -2.43. The van der Waals surface area contributed by atoms with E-state index in [2.05, 4.69) is 18.7 Å². The fraction of sp³-hybridized carbons (Fsp3) is 0.938. The van der Waals surface area contributed by atoms with Gasteiger partial charge in [0.25, 0.3) is 0 Å². The summed E-state index contributed by atoms with van der Waals surface area (Å²) in [5.74, 6) is 1.42. The average Bonchev–Trinajstić information content (AvgIpc) is 2.35. The van der Waals surface area contributed by atoms with Gasteiger partial charge in [0.05, 0.1) is 6.61 Å². The van der Waals surface area contributed by atoms with Gasteiger partial charge in [0, 0.05) is 32.5 Å². The zero-order valence-corrected chi connectivity index (χ0v) is 12.8.